The summed E-state index contributed by atoms with van der Waals surface area (Å²) in [5.41, 5.74) is 4.11. The minimum Gasteiger partial charge on any atom is -0.494 e. The monoisotopic (exact) mass is 405 g/mol. The average molecular weight is 405 g/mol. The van der Waals surface area contributed by atoms with E-state index < -0.39 is 0 Å². The highest BCUT2D eigenvalue weighted by Gasteiger charge is 2.35. The Kier molecular flexibility index (Phi) is 4.87. The fourth-order valence-corrected chi connectivity index (χ4v) is 4.95. The summed E-state index contributed by atoms with van der Waals surface area (Å²) in [6.45, 7) is 3.32. The molecule has 30 heavy (non-hydrogen) atoms. The van der Waals surface area contributed by atoms with Crippen molar-refractivity contribution in [3.63, 3.8) is 0 Å². The van der Waals surface area contributed by atoms with Crippen LogP contribution in [0.1, 0.15) is 23.6 Å². The molecule has 5 rings (SSSR count). The Morgan fingerprint density at radius 2 is 2.03 bits per heavy atom. The molecule has 4 heterocycles. The van der Waals surface area contributed by atoms with Gasteiger partial charge < -0.3 is 9.30 Å². The number of piperidine rings is 1. The molecule has 0 aliphatic carbocycles. The molecule has 0 N–H and O–H groups in total. The Hall–Kier alpha value is -2.99. The molecule has 2 aliphatic heterocycles. The highest BCUT2D eigenvalue weighted by atomic mass is 19.1. The SMILES string of the molecule is COc1cc(CN2C[C@@H]3C[C@H](C2)c2cc(-c4cccnc4)cc(=O)n2C3)ccc1F. The molecule has 2 bridgehead atoms. The topological polar surface area (TPSA) is 47.4 Å². The van der Waals surface area contributed by atoms with Gasteiger partial charge >= 0.3 is 0 Å². The molecule has 2 aromatic heterocycles. The van der Waals surface area contributed by atoms with E-state index in [2.05, 4.69) is 16.0 Å². The predicted molar refractivity (Wildman–Crippen MR) is 113 cm³/mol. The molecule has 6 heteroatoms. The summed E-state index contributed by atoms with van der Waals surface area (Å²) < 4.78 is 20.8. The van der Waals surface area contributed by atoms with Crippen molar-refractivity contribution < 1.29 is 9.13 Å². The van der Waals surface area contributed by atoms with Gasteiger partial charge in [-0.2, -0.15) is 0 Å². The van der Waals surface area contributed by atoms with Gasteiger partial charge in [-0.1, -0.05) is 12.1 Å². The van der Waals surface area contributed by atoms with Gasteiger partial charge in [-0.15, -0.1) is 0 Å². The Morgan fingerprint density at radius 3 is 2.83 bits per heavy atom. The molecule has 1 saturated heterocycles. The van der Waals surface area contributed by atoms with Crippen molar-refractivity contribution in [1.29, 1.82) is 0 Å². The van der Waals surface area contributed by atoms with Crippen molar-refractivity contribution in [2.24, 2.45) is 5.92 Å². The average Bonchev–Trinajstić information content (AvgIpc) is 2.76. The van der Waals surface area contributed by atoms with Gasteiger partial charge in [0.25, 0.3) is 5.56 Å². The lowest BCUT2D eigenvalue weighted by Gasteiger charge is -2.43. The number of halogens is 1. The standard InChI is InChI=1S/C24H24FN3O2/c1-30-23-8-16(4-5-21(23)25)12-27-13-17-7-20(15-27)22-9-19(10-24(29)28(22)14-17)18-3-2-6-26-11-18/h2-6,8-11,17,20H,7,12-15H2,1H3/t17-,20+/m0/s1. The van der Waals surface area contributed by atoms with E-state index in [-0.39, 0.29) is 17.1 Å². The second kappa shape index (κ2) is 7.69. The van der Waals surface area contributed by atoms with Crippen molar-refractivity contribution in [2.45, 2.75) is 25.4 Å². The zero-order chi connectivity index (χ0) is 20.7. The van der Waals surface area contributed by atoms with Crippen molar-refractivity contribution in [1.82, 2.24) is 14.5 Å². The third-order valence-corrected chi connectivity index (χ3v) is 6.25. The maximum Gasteiger partial charge on any atom is 0.251 e. The Morgan fingerprint density at radius 1 is 1.13 bits per heavy atom. The lowest BCUT2D eigenvalue weighted by atomic mass is 9.82. The van der Waals surface area contributed by atoms with Crippen molar-refractivity contribution in [2.75, 3.05) is 20.2 Å². The molecule has 5 nitrogen and oxygen atoms in total. The molecular weight excluding hydrogens is 381 g/mol. The number of aromatic nitrogens is 2. The summed E-state index contributed by atoms with van der Waals surface area (Å²) in [6.07, 6.45) is 4.63. The third kappa shape index (κ3) is 3.52. The number of rotatable bonds is 4. The molecular formula is C24H24FN3O2. The van der Waals surface area contributed by atoms with Crippen LogP contribution in [0.15, 0.2) is 59.7 Å². The fraction of sp³-hybridized carbons (Fsp3) is 0.333. The van der Waals surface area contributed by atoms with Gasteiger partial charge in [-0.3, -0.25) is 14.7 Å². The first kappa shape index (κ1) is 19.0. The summed E-state index contributed by atoms with van der Waals surface area (Å²) >= 11 is 0. The number of pyridine rings is 2. The van der Waals surface area contributed by atoms with E-state index in [1.165, 1.54) is 13.2 Å². The second-order valence-electron chi connectivity index (χ2n) is 8.32. The number of ether oxygens (including phenoxy) is 1. The minimum absolute atomic E-state index is 0.0674. The third-order valence-electron chi connectivity index (χ3n) is 6.25. The van der Waals surface area contributed by atoms with Crippen LogP contribution in [0.25, 0.3) is 11.1 Å². The molecule has 1 aromatic carbocycles. The summed E-state index contributed by atoms with van der Waals surface area (Å²) in [7, 11) is 1.49. The first-order valence-corrected chi connectivity index (χ1v) is 10.3. The van der Waals surface area contributed by atoms with Gasteiger partial charge in [0.2, 0.25) is 0 Å². The largest absolute Gasteiger partial charge is 0.494 e. The molecule has 0 amide bonds. The zero-order valence-electron chi connectivity index (χ0n) is 16.9. The van der Waals surface area contributed by atoms with Crippen LogP contribution in [0.4, 0.5) is 4.39 Å². The van der Waals surface area contributed by atoms with Gasteiger partial charge in [0.1, 0.15) is 0 Å². The molecule has 0 unspecified atom stereocenters. The van der Waals surface area contributed by atoms with E-state index in [0.29, 0.717) is 11.8 Å². The number of nitrogens with zero attached hydrogens (tertiary/aromatic N) is 3. The fourth-order valence-electron chi connectivity index (χ4n) is 4.95. The maximum absolute atomic E-state index is 13.7. The van der Waals surface area contributed by atoms with Crippen LogP contribution >= 0.6 is 0 Å². The molecule has 0 radical (unpaired) electrons. The van der Waals surface area contributed by atoms with E-state index >= 15 is 0 Å². The number of hydrogen-bond acceptors (Lipinski definition) is 4. The van der Waals surface area contributed by atoms with Crippen LogP contribution in [-0.4, -0.2) is 34.7 Å². The summed E-state index contributed by atoms with van der Waals surface area (Å²) in [5, 5.41) is 0. The van der Waals surface area contributed by atoms with Gasteiger partial charge in [-0.05, 0) is 47.7 Å². The Labute approximate surface area is 174 Å². The molecule has 154 valence electrons. The van der Waals surface area contributed by atoms with Gasteiger partial charge in [-0.25, -0.2) is 4.39 Å². The number of methoxy groups -OCH3 is 1. The number of likely N-dealkylation sites (tertiary alicyclic amines) is 1. The van der Waals surface area contributed by atoms with Crippen LogP contribution in [0.5, 0.6) is 5.75 Å². The maximum atomic E-state index is 13.7. The van der Waals surface area contributed by atoms with E-state index in [1.807, 2.05) is 22.8 Å². The minimum atomic E-state index is -0.340. The summed E-state index contributed by atoms with van der Waals surface area (Å²) in [4.78, 5) is 19.4. The molecule has 0 spiro atoms. The van der Waals surface area contributed by atoms with Crippen LogP contribution in [-0.2, 0) is 13.1 Å². The first-order chi connectivity index (χ1) is 14.6. The first-order valence-electron chi connectivity index (χ1n) is 10.3. The highest BCUT2D eigenvalue weighted by Crippen LogP contribution is 2.37. The summed E-state index contributed by atoms with van der Waals surface area (Å²) in [5.74, 6) is 0.695. The van der Waals surface area contributed by atoms with Crippen molar-refractivity contribution >= 4 is 0 Å². The Bertz CT molecular complexity index is 1130. The zero-order valence-corrected chi connectivity index (χ0v) is 16.9. The number of benzene rings is 1. The van der Waals surface area contributed by atoms with Crippen LogP contribution in [0, 0.1) is 11.7 Å². The van der Waals surface area contributed by atoms with Gasteiger partial charge in [0, 0.05) is 61.8 Å². The molecule has 2 atom stereocenters. The number of hydrogen-bond donors (Lipinski definition) is 0. The lowest BCUT2D eigenvalue weighted by Crippen LogP contribution is -2.46. The predicted octanol–water partition coefficient (Wildman–Crippen LogP) is 3.68. The quantitative estimate of drug-likeness (QED) is 0.664. The van der Waals surface area contributed by atoms with Crippen LogP contribution < -0.4 is 10.3 Å². The van der Waals surface area contributed by atoms with Gasteiger partial charge in [0.05, 0.1) is 7.11 Å². The molecule has 3 aromatic rings. The molecule has 1 fully saturated rings. The van der Waals surface area contributed by atoms with Crippen LogP contribution in [0.3, 0.4) is 0 Å². The molecule has 2 aliphatic rings. The van der Waals surface area contributed by atoms with Gasteiger partial charge in [0.15, 0.2) is 11.6 Å². The highest BCUT2D eigenvalue weighted by molar-refractivity contribution is 5.62. The smallest absolute Gasteiger partial charge is 0.251 e. The normalized spacial score (nSPS) is 20.6. The lowest BCUT2D eigenvalue weighted by molar-refractivity contribution is 0.114. The van der Waals surface area contributed by atoms with E-state index in [4.69, 9.17) is 4.74 Å². The van der Waals surface area contributed by atoms with Crippen molar-refractivity contribution in [3.05, 3.63) is 82.3 Å². The van der Waals surface area contributed by atoms with Crippen molar-refractivity contribution in [3.8, 4) is 16.9 Å². The summed E-state index contributed by atoms with van der Waals surface area (Å²) in [6, 6.07) is 12.8. The Balaban J connectivity index is 1.42. The molecule has 0 saturated carbocycles. The van der Waals surface area contributed by atoms with E-state index in [1.54, 1.807) is 24.5 Å². The van der Waals surface area contributed by atoms with E-state index in [9.17, 15) is 9.18 Å². The second-order valence-corrected chi connectivity index (χ2v) is 8.32. The van der Waals surface area contributed by atoms with E-state index in [0.717, 1.165) is 55.0 Å². The number of fused-ring (bicyclic) bond motifs is 4. The van der Waals surface area contributed by atoms with Crippen LogP contribution in [0.2, 0.25) is 0 Å².